The summed E-state index contributed by atoms with van der Waals surface area (Å²) in [5.41, 5.74) is 0.902. The molecule has 1 unspecified atom stereocenters. The van der Waals surface area contributed by atoms with Crippen molar-refractivity contribution in [3.8, 4) is 0 Å². The van der Waals surface area contributed by atoms with Gasteiger partial charge in [0.25, 0.3) is 0 Å². The van der Waals surface area contributed by atoms with Gasteiger partial charge in [0.1, 0.15) is 7.11 Å². The molecule has 0 aliphatic heterocycles. The first-order valence-electron chi connectivity index (χ1n) is 4.56. The molecule has 0 aliphatic rings. The predicted molar refractivity (Wildman–Crippen MR) is 56.9 cm³/mol. The summed E-state index contributed by atoms with van der Waals surface area (Å²) in [5, 5.41) is 12.4. The van der Waals surface area contributed by atoms with E-state index in [9.17, 15) is 4.79 Å². The van der Waals surface area contributed by atoms with Crippen molar-refractivity contribution in [3.63, 3.8) is 0 Å². The number of oxime groups is 1. The van der Waals surface area contributed by atoms with E-state index in [1.54, 1.807) is 6.92 Å². The summed E-state index contributed by atoms with van der Waals surface area (Å²) in [6.45, 7) is 1.78. The second-order valence-electron chi connectivity index (χ2n) is 3.10. The molecule has 0 aromatic heterocycles. The summed E-state index contributed by atoms with van der Waals surface area (Å²) < 4.78 is 0. The van der Waals surface area contributed by atoms with E-state index < -0.39 is 5.97 Å². The Morgan fingerprint density at radius 1 is 1.40 bits per heavy atom. The minimum Gasteiger partial charge on any atom is -0.477 e. The van der Waals surface area contributed by atoms with Gasteiger partial charge in [0.2, 0.25) is 0 Å². The lowest BCUT2D eigenvalue weighted by molar-refractivity contribution is -0.129. The molecule has 0 bridgehead atoms. The van der Waals surface area contributed by atoms with Gasteiger partial charge in [-0.2, -0.15) is 0 Å². The van der Waals surface area contributed by atoms with Crippen molar-refractivity contribution in [1.29, 1.82) is 0 Å². The van der Waals surface area contributed by atoms with Crippen molar-refractivity contribution < 1.29 is 14.7 Å². The third kappa shape index (κ3) is 2.80. The lowest BCUT2D eigenvalue weighted by Gasteiger charge is -2.10. The Hall–Kier alpha value is -1.84. The SMILES string of the molecule is CO/N=C(/C(=O)O)C(C)c1ccccc1. The van der Waals surface area contributed by atoms with Gasteiger partial charge in [-0.3, -0.25) is 0 Å². The molecule has 4 nitrogen and oxygen atoms in total. The Bertz CT molecular complexity index is 359. The summed E-state index contributed by atoms with van der Waals surface area (Å²) in [7, 11) is 1.33. The fourth-order valence-corrected chi connectivity index (χ4v) is 1.30. The maximum atomic E-state index is 10.9. The van der Waals surface area contributed by atoms with Crippen LogP contribution in [0.3, 0.4) is 0 Å². The molecule has 1 N–H and O–H groups in total. The smallest absolute Gasteiger partial charge is 0.354 e. The molecular weight excluding hydrogens is 194 g/mol. The second-order valence-corrected chi connectivity index (χ2v) is 3.10. The van der Waals surface area contributed by atoms with E-state index in [1.165, 1.54) is 7.11 Å². The number of carboxylic acids is 1. The van der Waals surface area contributed by atoms with Crippen LogP contribution in [0.15, 0.2) is 35.5 Å². The van der Waals surface area contributed by atoms with E-state index in [4.69, 9.17) is 5.11 Å². The van der Waals surface area contributed by atoms with Gasteiger partial charge in [0, 0.05) is 5.92 Å². The van der Waals surface area contributed by atoms with Crippen LogP contribution in [-0.4, -0.2) is 23.9 Å². The average molecular weight is 207 g/mol. The molecule has 0 aliphatic carbocycles. The van der Waals surface area contributed by atoms with Crippen LogP contribution in [0.2, 0.25) is 0 Å². The van der Waals surface area contributed by atoms with Crippen molar-refractivity contribution in [2.45, 2.75) is 12.8 Å². The van der Waals surface area contributed by atoms with E-state index in [2.05, 4.69) is 9.99 Å². The van der Waals surface area contributed by atoms with Crippen LogP contribution in [0.4, 0.5) is 0 Å². The Balaban J connectivity index is 2.96. The van der Waals surface area contributed by atoms with E-state index in [1.807, 2.05) is 30.3 Å². The van der Waals surface area contributed by atoms with Crippen LogP contribution in [0, 0.1) is 0 Å². The predicted octanol–water partition coefficient (Wildman–Crippen LogP) is 1.88. The van der Waals surface area contributed by atoms with E-state index in [0.29, 0.717) is 0 Å². The van der Waals surface area contributed by atoms with Gasteiger partial charge in [-0.1, -0.05) is 42.4 Å². The molecule has 1 atom stereocenters. The fourth-order valence-electron chi connectivity index (χ4n) is 1.30. The van der Waals surface area contributed by atoms with Gasteiger partial charge >= 0.3 is 5.97 Å². The first-order chi connectivity index (χ1) is 7.16. The minimum atomic E-state index is -1.06. The molecule has 0 saturated carbocycles. The molecule has 1 rings (SSSR count). The molecule has 0 spiro atoms. The molecule has 1 aromatic rings. The zero-order valence-electron chi connectivity index (χ0n) is 8.68. The van der Waals surface area contributed by atoms with Crippen LogP contribution >= 0.6 is 0 Å². The molecular formula is C11H13NO3. The average Bonchev–Trinajstić information content (AvgIpc) is 2.26. The van der Waals surface area contributed by atoms with Crippen molar-refractivity contribution in [2.75, 3.05) is 7.11 Å². The summed E-state index contributed by atoms with van der Waals surface area (Å²) >= 11 is 0. The Morgan fingerprint density at radius 3 is 2.47 bits per heavy atom. The van der Waals surface area contributed by atoms with Crippen molar-refractivity contribution in [2.24, 2.45) is 5.16 Å². The quantitative estimate of drug-likeness (QED) is 0.605. The third-order valence-electron chi connectivity index (χ3n) is 2.12. The van der Waals surface area contributed by atoms with Crippen LogP contribution in [0.25, 0.3) is 0 Å². The lowest BCUT2D eigenvalue weighted by atomic mass is 9.96. The zero-order valence-corrected chi connectivity index (χ0v) is 8.68. The number of carbonyl (C=O) groups is 1. The van der Waals surface area contributed by atoms with Crippen LogP contribution < -0.4 is 0 Å². The largest absolute Gasteiger partial charge is 0.477 e. The minimum absolute atomic E-state index is 0.00343. The molecule has 80 valence electrons. The Morgan fingerprint density at radius 2 is 2.00 bits per heavy atom. The molecule has 1 aromatic carbocycles. The van der Waals surface area contributed by atoms with E-state index >= 15 is 0 Å². The third-order valence-corrected chi connectivity index (χ3v) is 2.12. The van der Waals surface area contributed by atoms with E-state index in [0.717, 1.165) is 5.56 Å². The van der Waals surface area contributed by atoms with Crippen LogP contribution in [0.5, 0.6) is 0 Å². The highest BCUT2D eigenvalue weighted by Crippen LogP contribution is 2.16. The number of carboxylic acid groups (broad SMARTS) is 1. The number of benzene rings is 1. The van der Waals surface area contributed by atoms with Crippen molar-refractivity contribution in [1.82, 2.24) is 0 Å². The number of rotatable bonds is 4. The first-order valence-corrected chi connectivity index (χ1v) is 4.56. The van der Waals surface area contributed by atoms with Crippen molar-refractivity contribution in [3.05, 3.63) is 35.9 Å². The van der Waals surface area contributed by atoms with Crippen LogP contribution in [0.1, 0.15) is 18.4 Å². The monoisotopic (exact) mass is 207 g/mol. The molecule has 0 radical (unpaired) electrons. The summed E-state index contributed by atoms with van der Waals surface area (Å²) in [6, 6.07) is 9.32. The lowest BCUT2D eigenvalue weighted by Crippen LogP contribution is -2.20. The number of hydrogen-bond donors (Lipinski definition) is 1. The summed E-state index contributed by atoms with van der Waals surface area (Å²) in [4.78, 5) is 15.4. The maximum Gasteiger partial charge on any atom is 0.354 e. The van der Waals surface area contributed by atoms with Gasteiger partial charge in [0.05, 0.1) is 0 Å². The topological polar surface area (TPSA) is 58.9 Å². The Kier molecular flexibility index (Phi) is 3.85. The molecule has 0 fully saturated rings. The molecule has 0 amide bonds. The first kappa shape index (κ1) is 11.2. The zero-order chi connectivity index (χ0) is 11.3. The molecule has 0 heterocycles. The second kappa shape index (κ2) is 5.14. The fraction of sp³-hybridized carbons (Fsp3) is 0.273. The van der Waals surface area contributed by atoms with E-state index in [-0.39, 0.29) is 11.6 Å². The highest BCUT2D eigenvalue weighted by molar-refractivity contribution is 6.37. The maximum absolute atomic E-state index is 10.9. The van der Waals surface area contributed by atoms with Gasteiger partial charge in [-0.05, 0) is 5.56 Å². The summed E-state index contributed by atoms with van der Waals surface area (Å²) in [6.07, 6.45) is 0. The number of hydrogen-bond acceptors (Lipinski definition) is 3. The number of nitrogens with zero attached hydrogens (tertiary/aromatic N) is 1. The number of aliphatic carboxylic acids is 1. The van der Waals surface area contributed by atoms with Crippen molar-refractivity contribution >= 4 is 11.7 Å². The van der Waals surface area contributed by atoms with Gasteiger partial charge in [-0.15, -0.1) is 0 Å². The summed E-state index contributed by atoms with van der Waals surface area (Å²) in [5.74, 6) is -1.35. The molecule has 15 heavy (non-hydrogen) atoms. The van der Waals surface area contributed by atoms with Crippen LogP contribution in [-0.2, 0) is 9.63 Å². The van der Waals surface area contributed by atoms with Gasteiger partial charge in [0.15, 0.2) is 5.71 Å². The molecule has 0 saturated heterocycles. The normalized spacial score (nSPS) is 13.3. The standard InChI is InChI=1S/C11H13NO3/c1-8(9-6-4-3-5-7-9)10(11(13)14)12-15-2/h3-8H,1-2H3,(H,13,14)/b12-10+. The molecule has 4 heteroatoms. The highest BCUT2D eigenvalue weighted by Gasteiger charge is 2.20. The van der Waals surface area contributed by atoms with Gasteiger partial charge < -0.3 is 9.94 Å². The highest BCUT2D eigenvalue weighted by atomic mass is 16.6. The van der Waals surface area contributed by atoms with Gasteiger partial charge in [-0.25, -0.2) is 4.79 Å². The Labute approximate surface area is 88.2 Å².